The Morgan fingerprint density at radius 1 is 1.10 bits per heavy atom. The van der Waals surface area contributed by atoms with E-state index in [1.807, 2.05) is 57.5 Å². The Balaban J connectivity index is 1.48. The number of hydrogen-bond donors (Lipinski definition) is 3. The van der Waals surface area contributed by atoms with E-state index >= 15 is 0 Å². The van der Waals surface area contributed by atoms with Crippen molar-refractivity contribution in [3.63, 3.8) is 0 Å². The van der Waals surface area contributed by atoms with Gasteiger partial charge in [0, 0.05) is 30.5 Å². The minimum absolute atomic E-state index is 0.128. The number of rotatable bonds is 17. The standard InChI is InChI=1S/C30H45IN4O6S/c1-21-26(42-20-34-21)23-7-5-22(6-8-23)18-33-28(37)25-17-24(36)19-35(25)29(38)27(30(2,3)4)32-10-12-40-14-16-41-15-13-39-11-9-31/h5-8,20,24-25,27,32,36H,9-19H2,1-4H3,(H,33,37). The molecule has 0 spiro atoms. The molecule has 0 radical (unpaired) electrons. The summed E-state index contributed by atoms with van der Waals surface area (Å²) >= 11 is 3.87. The lowest BCUT2D eigenvalue weighted by atomic mass is 9.85. The van der Waals surface area contributed by atoms with E-state index in [1.165, 1.54) is 4.90 Å². The predicted molar refractivity (Wildman–Crippen MR) is 173 cm³/mol. The largest absolute Gasteiger partial charge is 0.391 e. The summed E-state index contributed by atoms with van der Waals surface area (Å²) in [4.78, 5) is 33.9. The molecule has 1 aromatic heterocycles. The average Bonchev–Trinajstić information content (AvgIpc) is 3.57. The molecule has 3 N–H and O–H groups in total. The highest BCUT2D eigenvalue weighted by atomic mass is 127. The lowest BCUT2D eigenvalue weighted by Gasteiger charge is -2.35. The third-order valence-electron chi connectivity index (χ3n) is 6.97. The molecule has 1 fully saturated rings. The molecule has 12 heteroatoms. The molecule has 10 nitrogen and oxygen atoms in total. The number of carbonyl (C=O) groups is 2. The molecular weight excluding hydrogens is 671 g/mol. The van der Waals surface area contributed by atoms with E-state index < -0.39 is 23.6 Å². The molecule has 3 unspecified atom stereocenters. The smallest absolute Gasteiger partial charge is 0.243 e. The summed E-state index contributed by atoms with van der Waals surface area (Å²) in [6.07, 6.45) is -0.535. The lowest BCUT2D eigenvalue weighted by Crippen LogP contribution is -2.57. The molecule has 3 rings (SSSR count). The van der Waals surface area contributed by atoms with Gasteiger partial charge in [0.1, 0.15) is 6.04 Å². The molecule has 0 bridgehead atoms. The maximum Gasteiger partial charge on any atom is 0.243 e. The molecule has 3 atom stereocenters. The summed E-state index contributed by atoms with van der Waals surface area (Å²) in [5.41, 5.74) is 4.46. The first-order chi connectivity index (χ1) is 20.1. The van der Waals surface area contributed by atoms with Gasteiger partial charge in [-0.05, 0) is 23.5 Å². The summed E-state index contributed by atoms with van der Waals surface area (Å²) < 4.78 is 17.5. The molecule has 1 aliphatic heterocycles. The van der Waals surface area contributed by atoms with Gasteiger partial charge in [0.15, 0.2) is 0 Å². The highest BCUT2D eigenvalue weighted by Gasteiger charge is 2.43. The number of amides is 2. The van der Waals surface area contributed by atoms with Crippen molar-refractivity contribution in [3.8, 4) is 10.4 Å². The fraction of sp³-hybridized carbons (Fsp3) is 0.633. The van der Waals surface area contributed by atoms with E-state index in [2.05, 4.69) is 38.2 Å². The molecule has 1 aliphatic rings. The van der Waals surface area contributed by atoms with Gasteiger partial charge in [-0.1, -0.05) is 67.6 Å². The Morgan fingerprint density at radius 2 is 1.74 bits per heavy atom. The minimum atomic E-state index is -0.748. The van der Waals surface area contributed by atoms with E-state index in [-0.39, 0.29) is 24.8 Å². The van der Waals surface area contributed by atoms with Crippen molar-refractivity contribution >= 4 is 45.7 Å². The van der Waals surface area contributed by atoms with Gasteiger partial charge in [-0.2, -0.15) is 0 Å². The molecule has 1 aromatic carbocycles. The molecule has 1 saturated heterocycles. The van der Waals surface area contributed by atoms with Gasteiger partial charge < -0.3 is 34.9 Å². The lowest BCUT2D eigenvalue weighted by molar-refractivity contribution is -0.142. The highest BCUT2D eigenvalue weighted by Crippen LogP contribution is 2.28. The van der Waals surface area contributed by atoms with Crippen LogP contribution in [-0.2, 0) is 30.3 Å². The number of aliphatic hydroxyl groups excluding tert-OH is 1. The molecule has 0 aliphatic carbocycles. The second-order valence-electron chi connectivity index (χ2n) is 11.4. The Labute approximate surface area is 267 Å². The first kappa shape index (κ1) is 34.8. The molecule has 234 valence electrons. The number of likely N-dealkylation sites (tertiary alicyclic amines) is 1. The summed E-state index contributed by atoms with van der Waals surface area (Å²) in [5, 5.41) is 16.7. The Kier molecular flexibility index (Phi) is 14.6. The van der Waals surface area contributed by atoms with Crippen LogP contribution < -0.4 is 10.6 Å². The number of β-amino-alcohol motifs (C(OH)–C–C–N with tert-alkyl or cyclic N) is 1. The van der Waals surface area contributed by atoms with E-state index in [4.69, 9.17) is 14.2 Å². The van der Waals surface area contributed by atoms with Crippen molar-refractivity contribution in [1.82, 2.24) is 20.5 Å². The van der Waals surface area contributed by atoms with Crippen molar-refractivity contribution < 1.29 is 28.9 Å². The number of thiazole rings is 1. The molecule has 2 heterocycles. The fourth-order valence-corrected chi connectivity index (χ4v) is 5.89. The number of nitrogens with zero attached hydrogens (tertiary/aromatic N) is 2. The third kappa shape index (κ3) is 10.8. The van der Waals surface area contributed by atoms with Crippen LogP contribution >= 0.6 is 33.9 Å². The summed E-state index contributed by atoms with van der Waals surface area (Å²) in [6.45, 7) is 12.1. The SMILES string of the molecule is Cc1ncsc1-c1ccc(CNC(=O)C2CC(O)CN2C(=O)C(NCCOCCOCCOCCI)C(C)(C)C)cc1. The van der Waals surface area contributed by atoms with Crippen LogP contribution in [0.4, 0.5) is 0 Å². The van der Waals surface area contributed by atoms with Gasteiger partial charge in [0.2, 0.25) is 11.8 Å². The molecule has 42 heavy (non-hydrogen) atoms. The van der Waals surface area contributed by atoms with Gasteiger partial charge in [0.25, 0.3) is 0 Å². The molecule has 0 saturated carbocycles. The van der Waals surface area contributed by atoms with Crippen LogP contribution in [0.1, 0.15) is 38.4 Å². The van der Waals surface area contributed by atoms with Gasteiger partial charge >= 0.3 is 0 Å². The van der Waals surface area contributed by atoms with Crippen LogP contribution in [0.2, 0.25) is 0 Å². The Hall–Kier alpha value is -1.68. The van der Waals surface area contributed by atoms with Crippen LogP contribution in [0.5, 0.6) is 0 Å². The zero-order chi connectivity index (χ0) is 30.5. The van der Waals surface area contributed by atoms with E-state index in [0.717, 1.165) is 32.7 Å². The van der Waals surface area contributed by atoms with Gasteiger partial charge in [-0.25, -0.2) is 4.98 Å². The summed E-state index contributed by atoms with van der Waals surface area (Å²) in [6, 6.07) is 6.74. The number of alkyl halides is 1. The van der Waals surface area contributed by atoms with Crippen LogP contribution in [0.25, 0.3) is 10.4 Å². The third-order valence-corrected chi connectivity index (χ3v) is 8.38. The van der Waals surface area contributed by atoms with Crippen molar-refractivity contribution in [1.29, 1.82) is 0 Å². The van der Waals surface area contributed by atoms with Gasteiger partial charge in [-0.15, -0.1) is 11.3 Å². The van der Waals surface area contributed by atoms with E-state index in [0.29, 0.717) is 46.1 Å². The Bertz CT molecular complexity index is 1110. The molecule has 2 amide bonds. The molecular formula is C30H45IN4O6S. The van der Waals surface area contributed by atoms with Crippen LogP contribution in [0.15, 0.2) is 29.8 Å². The normalized spacial score (nSPS) is 17.9. The number of aromatic nitrogens is 1. The second-order valence-corrected chi connectivity index (χ2v) is 13.3. The van der Waals surface area contributed by atoms with Crippen LogP contribution in [0, 0.1) is 12.3 Å². The van der Waals surface area contributed by atoms with Gasteiger partial charge in [0.05, 0.1) is 67.9 Å². The summed E-state index contributed by atoms with van der Waals surface area (Å²) in [5.74, 6) is -0.462. The monoisotopic (exact) mass is 716 g/mol. The quantitative estimate of drug-likeness (QED) is 0.130. The number of nitrogens with one attached hydrogen (secondary N) is 2. The number of carbonyl (C=O) groups excluding carboxylic acids is 2. The first-order valence-electron chi connectivity index (χ1n) is 14.4. The first-order valence-corrected chi connectivity index (χ1v) is 16.8. The topological polar surface area (TPSA) is 122 Å². The zero-order valence-corrected chi connectivity index (χ0v) is 28.0. The number of aliphatic hydroxyl groups is 1. The number of ether oxygens (including phenoxy) is 3. The van der Waals surface area contributed by atoms with Crippen molar-refractivity contribution in [3.05, 3.63) is 41.0 Å². The average molecular weight is 717 g/mol. The zero-order valence-electron chi connectivity index (χ0n) is 25.1. The molecule has 2 aromatic rings. The number of aryl methyl sites for hydroxylation is 1. The highest BCUT2D eigenvalue weighted by molar-refractivity contribution is 14.1. The summed E-state index contributed by atoms with van der Waals surface area (Å²) in [7, 11) is 0. The minimum Gasteiger partial charge on any atom is -0.391 e. The van der Waals surface area contributed by atoms with Crippen LogP contribution in [-0.4, -0.2) is 102 Å². The maximum atomic E-state index is 13.7. The van der Waals surface area contributed by atoms with E-state index in [1.54, 1.807) is 11.3 Å². The van der Waals surface area contributed by atoms with E-state index in [9.17, 15) is 14.7 Å². The van der Waals surface area contributed by atoms with Gasteiger partial charge in [-0.3, -0.25) is 9.59 Å². The Morgan fingerprint density at radius 3 is 2.33 bits per heavy atom. The van der Waals surface area contributed by atoms with Crippen molar-refractivity contribution in [2.75, 3.05) is 57.2 Å². The predicted octanol–water partition coefficient (Wildman–Crippen LogP) is 3.19. The number of halogens is 1. The second kappa shape index (κ2) is 17.6. The number of hydrogen-bond acceptors (Lipinski definition) is 9. The van der Waals surface area contributed by atoms with Crippen LogP contribution in [0.3, 0.4) is 0 Å². The maximum absolute atomic E-state index is 13.7. The van der Waals surface area contributed by atoms with Crippen molar-refractivity contribution in [2.45, 2.75) is 58.8 Å². The number of benzene rings is 1. The fourth-order valence-electron chi connectivity index (χ4n) is 4.77. The van der Waals surface area contributed by atoms with Crippen molar-refractivity contribution in [2.24, 2.45) is 5.41 Å².